The highest BCUT2D eigenvalue weighted by Gasteiger charge is 2.26. The van der Waals surface area contributed by atoms with Crippen LogP contribution in [0.3, 0.4) is 0 Å². The highest BCUT2D eigenvalue weighted by Crippen LogP contribution is 2.38. The van der Waals surface area contributed by atoms with E-state index in [1.165, 1.54) is 24.7 Å². The lowest BCUT2D eigenvalue weighted by Crippen LogP contribution is -2.24. The summed E-state index contributed by atoms with van der Waals surface area (Å²) < 4.78 is 15.9. The summed E-state index contributed by atoms with van der Waals surface area (Å²) in [6.45, 7) is 2.63. The first-order chi connectivity index (χ1) is 15.1. The third-order valence-corrected chi connectivity index (χ3v) is 6.02. The fraction of sp³-hybridized carbons (Fsp3) is 0.409. The van der Waals surface area contributed by atoms with Crippen LogP contribution in [0.1, 0.15) is 52.5 Å². The number of benzene rings is 1. The second-order valence-electron chi connectivity index (χ2n) is 6.99. The normalized spacial score (nSPS) is 12.9. The number of hydrazone groups is 1. The van der Waals surface area contributed by atoms with E-state index in [0.717, 1.165) is 48.1 Å². The van der Waals surface area contributed by atoms with Crippen LogP contribution in [0.2, 0.25) is 0 Å². The van der Waals surface area contributed by atoms with E-state index in [1.807, 2.05) is 13.0 Å². The van der Waals surface area contributed by atoms with Crippen molar-refractivity contribution in [1.82, 2.24) is 5.43 Å². The molecule has 0 aliphatic heterocycles. The number of ether oxygens (including phenoxy) is 3. The number of anilines is 1. The molecule has 2 N–H and O–H groups in total. The van der Waals surface area contributed by atoms with Gasteiger partial charge >= 0.3 is 12.0 Å². The van der Waals surface area contributed by atoms with Gasteiger partial charge in [0.1, 0.15) is 5.00 Å². The van der Waals surface area contributed by atoms with E-state index in [0.29, 0.717) is 28.7 Å². The summed E-state index contributed by atoms with van der Waals surface area (Å²) in [5.74, 6) is 0.814. The molecule has 2 aromatic rings. The maximum Gasteiger partial charge on any atom is 0.341 e. The maximum absolute atomic E-state index is 12.3. The minimum absolute atomic E-state index is 0.435. The summed E-state index contributed by atoms with van der Waals surface area (Å²) in [4.78, 5) is 25.7. The van der Waals surface area contributed by atoms with Crippen LogP contribution in [0.25, 0.3) is 0 Å². The van der Waals surface area contributed by atoms with Crippen molar-refractivity contribution in [3.63, 3.8) is 0 Å². The molecule has 0 fully saturated rings. The summed E-state index contributed by atoms with van der Waals surface area (Å²) in [5, 5.41) is 7.21. The molecule has 31 heavy (non-hydrogen) atoms. The minimum Gasteiger partial charge on any atom is -0.493 e. The topological polar surface area (TPSA) is 98.2 Å². The van der Waals surface area contributed by atoms with Crippen LogP contribution in [-0.2, 0) is 17.6 Å². The van der Waals surface area contributed by atoms with Crippen molar-refractivity contribution in [3.05, 3.63) is 39.8 Å². The lowest BCUT2D eigenvalue weighted by atomic mass is 9.95. The average molecular weight is 446 g/mol. The number of esters is 1. The number of carbonyl (C=O) groups excluding carboxylic acids is 2. The van der Waals surface area contributed by atoms with Crippen molar-refractivity contribution in [1.29, 1.82) is 0 Å². The van der Waals surface area contributed by atoms with Crippen molar-refractivity contribution >= 4 is 34.6 Å². The van der Waals surface area contributed by atoms with Crippen molar-refractivity contribution in [2.24, 2.45) is 5.10 Å². The predicted octanol–water partition coefficient (Wildman–Crippen LogP) is 4.37. The molecular weight excluding hydrogens is 418 g/mol. The summed E-state index contributed by atoms with van der Waals surface area (Å²) in [7, 11) is 2.91. The number of carbonyl (C=O) groups is 2. The predicted molar refractivity (Wildman–Crippen MR) is 121 cm³/mol. The molecule has 0 spiro atoms. The Bertz CT molecular complexity index is 970. The second kappa shape index (κ2) is 10.8. The molecule has 1 aliphatic carbocycles. The van der Waals surface area contributed by atoms with Gasteiger partial charge in [-0.1, -0.05) is 6.92 Å². The summed E-state index contributed by atoms with van der Waals surface area (Å²) in [6, 6.07) is 4.86. The lowest BCUT2D eigenvalue weighted by Gasteiger charge is -2.11. The van der Waals surface area contributed by atoms with E-state index in [4.69, 9.17) is 14.2 Å². The van der Waals surface area contributed by atoms with Crippen LogP contribution in [0.15, 0.2) is 23.3 Å². The molecule has 9 heteroatoms. The van der Waals surface area contributed by atoms with Gasteiger partial charge in [-0.3, -0.25) is 5.32 Å². The first kappa shape index (κ1) is 22.6. The van der Waals surface area contributed by atoms with Crippen molar-refractivity contribution < 1.29 is 23.8 Å². The zero-order chi connectivity index (χ0) is 22.2. The molecular formula is C22H27N3O5S. The SMILES string of the molecule is CCCOc1ccc(C=NNC(=O)Nc2sc3c(c2C(=O)OC)CCCC3)cc1OC. The molecule has 1 aliphatic rings. The first-order valence-electron chi connectivity index (χ1n) is 10.2. The highest BCUT2D eigenvalue weighted by atomic mass is 32.1. The number of nitrogens with zero attached hydrogens (tertiary/aromatic N) is 1. The second-order valence-corrected chi connectivity index (χ2v) is 8.09. The number of urea groups is 1. The Kier molecular flexibility index (Phi) is 7.88. The minimum atomic E-state index is -0.533. The van der Waals surface area contributed by atoms with E-state index in [-0.39, 0.29) is 0 Å². The van der Waals surface area contributed by atoms with E-state index >= 15 is 0 Å². The van der Waals surface area contributed by atoms with Crippen LogP contribution in [-0.4, -0.2) is 39.0 Å². The number of hydrogen-bond donors (Lipinski definition) is 2. The monoisotopic (exact) mass is 445 g/mol. The number of rotatable bonds is 8. The standard InChI is InChI=1S/C22H27N3O5S/c1-4-11-30-16-10-9-14(12-17(16)28-2)13-23-25-22(27)24-20-19(21(26)29-3)15-7-5-6-8-18(15)31-20/h9-10,12-13H,4-8,11H2,1-3H3,(H2,24,25,27). The molecule has 2 amide bonds. The van der Waals surface area contributed by atoms with Crippen LogP contribution in [0, 0.1) is 0 Å². The number of amides is 2. The Balaban J connectivity index is 1.66. The molecule has 0 unspecified atom stereocenters. The molecule has 0 saturated carbocycles. The summed E-state index contributed by atoms with van der Waals surface area (Å²) >= 11 is 1.42. The lowest BCUT2D eigenvalue weighted by molar-refractivity contribution is 0.0601. The van der Waals surface area contributed by atoms with Gasteiger partial charge in [0.05, 0.1) is 32.6 Å². The number of thiophene rings is 1. The van der Waals surface area contributed by atoms with Gasteiger partial charge in [0.15, 0.2) is 11.5 Å². The third-order valence-electron chi connectivity index (χ3n) is 4.82. The number of fused-ring (bicyclic) bond motifs is 1. The van der Waals surface area contributed by atoms with E-state index in [1.54, 1.807) is 19.2 Å². The van der Waals surface area contributed by atoms with Crippen LogP contribution >= 0.6 is 11.3 Å². The highest BCUT2D eigenvalue weighted by molar-refractivity contribution is 7.17. The Morgan fingerprint density at radius 3 is 2.74 bits per heavy atom. The number of methoxy groups -OCH3 is 2. The number of aryl methyl sites for hydroxylation is 1. The summed E-state index contributed by atoms with van der Waals surface area (Å²) in [5.41, 5.74) is 4.61. The third kappa shape index (κ3) is 5.55. The molecule has 8 nitrogen and oxygen atoms in total. The fourth-order valence-electron chi connectivity index (χ4n) is 3.36. The Morgan fingerprint density at radius 2 is 2.00 bits per heavy atom. The zero-order valence-corrected chi connectivity index (χ0v) is 18.8. The summed E-state index contributed by atoms with van der Waals surface area (Å²) in [6.07, 6.45) is 6.23. The Morgan fingerprint density at radius 1 is 1.19 bits per heavy atom. The molecule has 0 bridgehead atoms. The largest absolute Gasteiger partial charge is 0.493 e. The molecule has 0 saturated heterocycles. The van der Waals surface area contributed by atoms with Crippen molar-refractivity contribution in [2.45, 2.75) is 39.0 Å². The van der Waals surface area contributed by atoms with E-state index in [9.17, 15) is 9.59 Å². The van der Waals surface area contributed by atoms with E-state index < -0.39 is 12.0 Å². The van der Waals surface area contributed by atoms with Gasteiger partial charge in [-0.05, 0) is 61.4 Å². The molecule has 1 aromatic carbocycles. The van der Waals surface area contributed by atoms with Gasteiger partial charge in [0, 0.05) is 4.88 Å². The van der Waals surface area contributed by atoms with Crippen LogP contribution in [0.4, 0.5) is 9.80 Å². The molecule has 166 valence electrons. The fourth-order valence-corrected chi connectivity index (χ4v) is 4.64. The van der Waals surface area contributed by atoms with Gasteiger partial charge in [0.2, 0.25) is 0 Å². The van der Waals surface area contributed by atoms with Gasteiger partial charge in [-0.25, -0.2) is 15.0 Å². The number of hydrogen-bond acceptors (Lipinski definition) is 7. The van der Waals surface area contributed by atoms with Crippen LogP contribution < -0.4 is 20.2 Å². The smallest absolute Gasteiger partial charge is 0.341 e. The first-order valence-corrected chi connectivity index (χ1v) is 11.0. The molecule has 3 rings (SSSR count). The van der Waals surface area contributed by atoms with Crippen molar-refractivity contribution in [2.75, 3.05) is 26.1 Å². The Labute approximate surface area is 185 Å². The van der Waals surface area contributed by atoms with E-state index in [2.05, 4.69) is 15.8 Å². The average Bonchev–Trinajstić information content (AvgIpc) is 3.15. The van der Waals surface area contributed by atoms with Crippen LogP contribution in [0.5, 0.6) is 11.5 Å². The van der Waals surface area contributed by atoms with Gasteiger partial charge in [-0.15, -0.1) is 11.3 Å². The van der Waals surface area contributed by atoms with Gasteiger partial charge < -0.3 is 14.2 Å². The molecule has 0 radical (unpaired) electrons. The molecule has 0 atom stereocenters. The van der Waals surface area contributed by atoms with Crippen molar-refractivity contribution in [3.8, 4) is 11.5 Å². The quantitative estimate of drug-likeness (QED) is 0.357. The Hall–Kier alpha value is -3.07. The number of nitrogens with one attached hydrogen (secondary N) is 2. The molecule has 1 heterocycles. The van der Waals surface area contributed by atoms with Gasteiger partial charge in [0.25, 0.3) is 0 Å². The zero-order valence-electron chi connectivity index (χ0n) is 17.9. The molecule has 1 aromatic heterocycles. The van der Waals surface area contributed by atoms with Gasteiger partial charge in [-0.2, -0.15) is 5.10 Å². The maximum atomic E-state index is 12.3.